The van der Waals surface area contributed by atoms with Gasteiger partial charge in [-0.1, -0.05) is 24.3 Å². The Kier molecular flexibility index (Phi) is 3.31. The summed E-state index contributed by atoms with van der Waals surface area (Å²) in [7, 11) is 0. The molecule has 1 aromatic rings. The fraction of sp³-hybridized carbons (Fsp3) is 0.562. The highest BCUT2D eigenvalue weighted by Crippen LogP contribution is 2.36. The van der Waals surface area contributed by atoms with E-state index in [0.29, 0.717) is 6.42 Å². The third kappa shape index (κ3) is 2.98. The molecule has 2 aliphatic rings. The first-order chi connectivity index (χ1) is 9.16. The summed E-state index contributed by atoms with van der Waals surface area (Å²) < 4.78 is 0. The molecular weight excluding hydrogens is 236 g/mol. The van der Waals surface area contributed by atoms with E-state index in [9.17, 15) is 4.79 Å². The monoisotopic (exact) mass is 258 g/mol. The van der Waals surface area contributed by atoms with Crippen LogP contribution in [0.5, 0.6) is 0 Å². The topological polar surface area (TPSA) is 46.3 Å². The first kappa shape index (κ1) is 12.7. The lowest BCUT2D eigenvalue weighted by Crippen LogP contribution is -2.30. The van der Waals surface area contributed by atoms with E-state index < -0.39 is 0 Å². The molecule has 2 N–H and O–H groups in total. The molecule has 0 aromatic heterocycles. The minimum atomic E-state index is 0.00674. The SMILES string of the molecule is NC1(Cc2ccccc2CC(=O)N2CCCC2)CC1. The number of amides is 1. The van der Waals surface area contributed by atoms with Crippen molar-refractivity contribution < 1.29 is 4.79 Å². The molecule has 0 unspecified atom stereocenters. The fourth-order valence-corrected chi connectivity index (χ4v) is 2.86. The van der Waals surface area contributed by atoms with Gasteiger partial charge < -0.3 is 10.6 Å². The van der Waals surface area contributed by atoms with E-state index in [1.807, 2.05) is 17.0 Å². The van der Waals surface area contributed by atoms with Gasteiger partial charge in [0.2, 0.25) is 5.91 Å². The smallest absolute Gasteiger partial charge is 0.226 e. The standard InChI is InChI=1S/C16H22N2O/c17-16(7-8-16)12-14-6-2-1-5-13(14)11-15(19)18-9-3-4-10-18/h1-2,5-6H,3-4,7-12,17H2. The zero-order chi connectivity index (χ0) is 13.3. The molecule has 0 radical (unpaired) electrons. The molecule has 1 saturated heterocycles. The lowest BCUT2D eigenvalue weighted by molar-refractivity contribution is -0.129. The van der Waals surface area contributed by atoms with Crippen LogP contribution in [-0.2, 0) is 17.6 Å². The van der Waals surface area contributed by atoms with Crippen molar-refractivity contribution in [3.63, 3.8) is 0 Å². The van der Waals surface area contributed by atoms with Gasteiger partial charge in [0.05, 0.1) is 6.42 Å². The van der Waals surface area contributed by atoms with Crippen molar-refractivity contribution >= 4 is 5.91 Å². The summed E-state index contributed by atoms with van der Waals surface area (Å²) in [5, 5.41) is 0. The van der Waals surface area contributed by atoms with Gasteiger partial charge in [0, 0.05) is 18.6 Å². The number of nitrogens with two attached hydrogens (primary N) is 1. The number of carbonyl (C=O) groups excluding carboxylic acids is 1. The van der Waals surface area contributed by atoms with E-state index >= 15 is 0 Å². The van der Waals surface area contributed by atoms with E-state index in [1.54, 1.807) is 0 Å². The molecule has 1 aromatic carbocycles. The zero-order valence-electron chi connectivity index (χ0n) is 11.4. The van der Waals surface area contributed by atoms with Crippen LogP contribution in [0.1, 0.15) is 36.8 Å². The second-order valence-electron chi connectivity index (χ2n) is 6.07. The molecule has 1 amide bonds. The molecule has 2 fully saturated rings. The summed E-state index contributed by atoms with van der Waals surface area (Å²) in [6.45, 7) is 1.86. The Morgan fingerprint density at radius 1 is 1.16 bits per heavy atom. The lowest BCUT2D eigenvalue weighted by atomic mass is 9.97. The molecule has 1 saturated carbocycles. The number of hydrogen-bond acceptors (Lipinski definition) is 2. The van der Waals surface area contributed by atoms with Gasteiger partial charge in [0.1, 0.15) is 0 Å². The maximum absolute atomic E-state index is 12.2. The van der Waals surface area contributed by atoms with Crippen LogP contribution < -0.4 is 5.73 Å². The Balaban J connectivity index is 1.70. The third-order valence-corrected chi connectivity index (χ3v) is 4.35. The third-order valence-electron chi connectivity index (χ3n) is 4.35. The summed E-state index contributed by atoms with van der Waals surface area (Å²) in [5.74, 6) is 0.270. The number of hydrogen-bond donors (Lipinski definition) is 1. The molecular formula is C16H22N2O. The maximum Gasteiger partial charge on any atom is 0.226 e. The van der Waals surface area contributed by atoms with Gasteiger partial charge in [0.25, 0.3) is 0 Å². The predicted molar refractivity (Wildman–Crippen MR) is 75.8 cm³/mol. The van der Waals surface area contributed by atoms with Crippen LogP contribution in [0.2, 0.25) is 0 Å². The summed E-state index contributed by atoms with van der Waals surface area (Å²) in [6, 6.07) is 8.27. The Morgan fingerprint density at radius 3 is 2.42 bits per heavy atom. The zero-order valence-corrected chi connectivity index (χ0v) is 11.4. The quantitative estimate of drug-likeness (QED) is 0.896. The molecule has 3 heteroatoms. The summed E-state index contributed by atoms with van der Waals surface area (Å²) in [4.78, 5) is 14.2. The van der Waals surface area contributed by atoms with E-state index in [1.165, 1.54) is 5.56 Å². The Bertz CT molecular complexity index is 473. The van der Waals surface area contributed by atoms with Gasteiger partial charge in [-0.3, -0.25) is 4.79 Å². The predicted octanol–water partition coefficient (Wildman–Crippen LogP) is 1.89. The van der Waals surface area contributed by atoms with Gasteiger partial charge in [-0.05, 0) is 43.2 Å². The van der Waals surface area contributed by atoms with Crippen LogP contribution in [0, 0.1) is 0 Å². The molecule has 1 heterocycles. The molecule has 1 aliphatic carbocycles. The molecule has 0 bridgehead atoms. The van der Waals surface area contributed by atoms with Crippen molar-refractivity contribution in [1.29, 1.82) is 0 Å². The van der Waals surface area contributed by atoms with E-state index in [0.717, 1.165) is 50.8 Å². The van der Waals surface area contributed by atoms with E-state index in [-0.39, 0.29) is 11.4 Å². The van der Waals surface area contributed by atoms with Crippen molar-refractivity contribution in [3.8, 4) is 0 Å². The van der Waals surface area contributed by atoms with Gasteiger partial charge in [-0.25, -0.2) is 0 Å². The van der Waals surface area contributed by atoms with Gasteiger partial charge in [0.15, 0.2) is 0 Å². The van der Waals surface area contributed by atoms with Crippen molar-refractivity contribution in [3.05, 3.63) is 35.4 Å². The molecule has 19 heavy (non-hydrogen) atoms. The molecule has 0 spiro atoms. The van der Waals surface area contributed by atoms with Crippen molar-refractivity contribution in [2.45, 2.75) is 44.1 Å². The molecule has 3 rings (SSSR count). The van der Waals surface area contributed by atoms with Gasteiger partial charge >= 0.3 is 0 Å². The maximum atomic E-state index is 12.2. The van der Waals surface area contributed by atoms with Gasteiger partial charge in [-0.15, -0.1) is 0 Å². The Hall–Kier alpha value is -1.35. The second-order valence-corrected chi connectivity index (χ2v) is 6.07. The van der Waals surface area contributed by atoms with Crippen molar-refractivity contribution in [1.82, 2.24) is 4.90 Å². The molecule has 0 atom stereocenters. The fourth-order valence-electron chi connectivity index (χ4n) is 2.86. The van der Waals surface area contributed by atoms with Crippen LogP contribution >= 0.6 is 0 Å². The van der Waals surface area contributed by atoms with E-state index in [4.69, 9.17) is 5.73 Å². The molecule has 3 nitrogen and oxygen atoms in total. The summed E-state index contributed by atoms with van der Waals surface area (Å²) >= 11 is 0. The van der Waals surface area contributed by atoms with E-state index in [2.05, 4.69) is 12.1 Å². The molecule has 1 aliphatic heterocycles. The Morgan fingerprint density at radius 2 is 1.79 bits per heavy atom. The minimum Gasteiger partial charge on any atom is -0.342 e. The average molecular weight is 258 g/mol. The number of rotatable bonds is 4. The van der Waals surface area contributed by atoms with Crippen LogP contribution in [0.3, 0.4) is 0 Å². The number of nitrogens with zero attached hydrogens (tertiary/aromatic N) is 1. The highest BCUT2D eigenvalue weighted by molar-refractivity contribution is 5.79. The molecule has 102 valence electrons. The normalized spacial score (nSPS) is 20.6. The highest BCUT2D eigenvalue weighted by atomic mass is 16.2. The van der Waals surface area contributed by atoms with Crippen LogP contribution in [0.15, 0.2) is 24.3 Å². The average Bonchev–Trinajstić information content (AvgIpc) is 2.93. The highest BCUT2D eigenvalue weighted by Gasteiger charge is 2.38. The largest absolute Gasteiger partial charge is 0.342 e. The van der Waals surface area contributed by atoms with Crippen LogP contribution in [-0.4, -0.2) is 29.4 Å². The summed E-state index contributed by atoms with van der Waals surface area (Å²) in [5.41, 5.74) is 8.63. The number of benzene rings is 1. The number of carbonyl (C=O) groups is 1. The first-order valence-electron chi connectivity index (χ1n) is 7.30. The van der Waals surface area contributed by atoms with Gasteiger partial charge in [-0.2, -0.15) is 0 Å². The lowest BCUT2D eigenvalue weighted by Gasteiger charge is -2.18. The first-order valence-corrected chi connectivity index (χ1v) is 7.30. The van der Waals surface area contributed by atoms with Crippen molar-refractivity contribution in [2.75, 3.05) is 13.1 Å². The van der Waals surface area contributed by atoms with Crippen LogP contribution in [0.25, 0.3) is 0 Å². The summed E-state index contributed by atoms with van der Waals surface area (Å²) in [6.07, 6.45) is 5.98. The Labute approximate surface area is 114 Å². The van der Waals surface area contributed by atoms with Crippen molar-refractivity contribution in [2.24, 2.45) is 5.73 Å². The van der Waals surface area contributed by atoms with Crippen LogP contribution in [0.4, 0.5) is 0 Å². The second kappa shape index (κ2) is 4.97. The number of likely N-dealkylation sites (tertiary alicyclic amines) is 1. The minimum absolute atomic E-state index is 0.00674.